The highest BCUT2D eigenvalue weighted by molar-refractivity contribution is 6.46. The van der Waals surface area contributed by atoms with Crippen LogP contribution in [0.25, 0.3) is 5.57 Å². The summed E-state index contributed by atoms with van der Waals surface area (Å²) in [5.74, 6) is -1.19. The highest BCUT2D eigenvalue weighted by Crippen LogP contribution is 2.35. The summed E-state index contributed by atoms with van der Waals surface area (Å²) in [6.07, 6.45) is 0.866. The van der Waals surface area contributed by atoms with E-state index in [1.807, 2.05) is 32.0 Å². The Morgan fingerprint density at radius 2 is 1.69 bits per heavy atom. The number of nitrogens with one attached hydrogen (secondary N) is 1. The zero-order valence-corrected chi connectivity index (χ0v) is 17.9. The quantitative estimate of drug-likeness (QED) is 0.516. The number of amides is 2. The molecule has 0 aromatic heterocycles. The number of hydrogen-bond acceptors (Lipinski definition) is 4. The molecule has 2 amide bonds. The van der Waals surface area contributed by atoms with Crippen molar-refractivity contribution in [1.82, 2.24) is 0 Å². The van der Waals surface area contributed by atoms with Crippen molar-refractivity contribution in [2.24, 2.45) is 0 Å². The molecule has 0 saturated carbocycles. The fourth-order valence-electron chi connectivity index (χ4n) is 3.51. The monoisotopic (exact) mass is 430 g/mol. The van der Waals surface area contributed by atoms with Gasteiger partial charge in [0, 0.05) is 11.8 Å². The van der Waals surface area contributed by atoms with Crippen LogP contribution in [0.1, 0.15) is 24.5 Å². The molecular formula is C26H23FN2O3. The van der Waals surface area contributed by atoms with Crippen LogP contribution >= 0.6 is 0 Å². The first-order chi connectivity index (χ1) is 15.5. The number of hydrogen-bond donors (Lipinski definition) is 1. The van der Waals surface area contributed by atoms with E-state index in [4.69, 9.17) is 4.74 Å². The van der Waals surface area contributed by atoms with Crippen molar-refractivity contribution in [2.75, 3.05) is 16.8 Å². The average molecular weight is 430 g/mol. The number of rotatable bonds is 7. The molecule has 3 aromatic carbocycles. The Balaban J connectivity index is 1.78. The van der Waals surface area contributed by atoms with E-state index in [1.165, 1.54) is 18.2 Å². The molecule has 0 fully saturated rings. The van der Waals surface area contributed by atoms with E-state index < -0.39 is 17.6 Å². The topological polar surface area (TPSA) is 58.6 Å². The summed E-state index contributed by atoms with van der Waals surface area (Å²) in [4.78, 5) is 27.6. The smallest absolute Gasteiger partial charge is 0.282 e. The number of aryl methyl sites for hydroxylation is 1. The SMILES string of the molecule is CCCOc1cccc(NC2=C(c3ccc(C)cc3)C(=O)N(c3ccccc3F)C2=O)c1. The Morgan fingerprint density at radius 3 is 2.41 bits per heavy atom. The van der Waals surface area contributed by atoms with E-state index in [0.717, 1.165) is 16.9 Å². The molecule has 1 N–H and O–H groups in total. The van der Waals surface area contributed by atoms with Gasteiger partial charge in [0.15, 0.2) is 0 Å². The molecule has 0 aliphatic carbocycles. The second-order valence-corrected chi connectivity index (χ2v) is 7.51. The number of halogens is 1. The number of anilines is 2. The van der Waals surface area contributed by atoms with Gasteiger partial charge in [-0.2, -0.15) is 0 Å². The van der Waals surface area contributed by atoms with Gasteiger partial charge in [0.1, 0.15) is 17.3 Å². The lowest BCUT2D eigenvalue weighted by molar-refractivity contribution is -0.120. The minimum atomic E-state index is -0.645. The first-order valence-corrected chi connectivity index (χ1v) is 10.4. The Kier molecular flexibility index (Phi) is 6.03. The Hall–Kier alpha value is -3.93. The third-order valence-corrected chi connectivity index (χ3v) is 5.09. The van der Waals surface area contributed by atoms with Gasteiger partial charge in [0.2, 0.25) is 0 Å². The third kappa shape index (κ3) is 4.12. The number of nitrogens with zero attached hydrogens (tertiary/aromatic N) is 1. The van der Waals surface area contributed by atoms with Crippen LogP contribution in [0.4, 0.5) is 15.8 Å². The number of imide groups is 1. The van der Waals surface area contributed by atoms with Crippen molar-refractivity contribution in [2.45, 2.75) is 20.3 Å². The van der Waals surface area contributed by atoms with E-state index in [1.54, 1.807) is 36.4 Å². The number of carbonyl (C=O) groups excluding carboxylic acids is 2. The highest BCUT2D eigenvalue weighted by atomic mass is 19.1. The molecule has 5 nitrogen and oxygen atoms in total. The molecule has 6 heteroatoms. The summed E-state index contributed by atoms with van der Waals surface area (Å²) in [6.45, 7) is 4.52. The van der Waals surface area contributed by atoms with Gasteiger partial charge >= 0.3 is 0 Å². The molecule has 3 aromatic rings. The Morgan fingerprint density at radius 1 is 0.938 bits per heavy atom. The van der Waals surface area contributed by atoms with E-state index in [2.05, 4.69) is 5.32 Å². The summed E-state index contributed by atoms with van der Waals surface area (Å²) < 4.78 is 20.2. The molecule has 0 saturated heterocycles. The fraction of sp³-hybridized carbons (Fsp3) is 0.154. The maximum atomic E-state index is 14.5. The first kappa shape index (κ1) is 21.3. The van der Waals surface area contributed by atoms with Crippen molar-refractivity contribution in [3.05, 3.63) is 95.4 Å². The van der Waals surface area contributed by atoms with Gasteiger partial charge in [-0.05, 0) is 43.2 Å². The zero-order chi connectivity index (χ0) is 22.7. The number of carbonyl (C=O) groups is 2. The number of benzene rings is 3. The van der Waals surface area contributed by atoms with Crippen LogP contribution in [0, 0.1) is 12.7 Å². The minimum Gasteiger partial charge on any atom is -0.494 e. The average Bonchev–Trinajstić information content (AvgIpc) is 3.03. The van der Waals surface area contributed by atoms with Gasteiger partial charge in [-0.25, -0.2) is 9.29 Å². The lowest BCUT2D eigenvalue weighted by Gasteiger charge is -2.16. The van der Waals surface area contributed by atoms with Gasteiger partial charge in [0.05, 0.1) is 17.9 Å². The van der Waals surface area contributed by atoms with Gasteiger partial charge in [0.25, 0.3) is 11.8 Å². The van der Waals surface area contributed by atoms with E-state index in [9.17, 15) is 14.0 Å². The Labute approximate surface area is 186 Å². The highest BCUT2D eigenvalue weighted by Gasteiger charge is 2.41. The van der Waals surface area contributed by atoms with Crippen LogP contribution in [-0.2, 0) is 9.59 Å². The second kappa shape index (κ2) is 9.06. The second-order valence-electron chi connectivity index (χ2n) is 7.51. The molecule has 0 bridgehead atoms. The van der Waals surface area contributed by atoms with Crippen LogP contribution in [0.5, 0.6) is 5.75 Å². The maximum Gasteiger partial charge on any atom is 0.282 e. The Bertz CT molecular complexity index is 1200. The standard InChI is InChI=1S/C26H23FN2O3/c1-3-15-32-20-8-6-7-19(16-20)28-24-23(18-13-11-17(2)12-14-18)25(30)29(26(24)31)22-10-5-4-9-21(22)27/h4-14,16,28H,3,15H2,1-2H3. The van der Waals surface area contributed by atoms with Gasteiger partial charge in [-0.1, -0.05) is 55.0 Å². The third-order valence-electron chi connectivity index (χ3n) is 5.09. The lowest BCUT2D eigenvalue weighted by atomic mass is 10.0. The van der Waals surface area contributed by atoms with Crippen LogP contribution in [0.15, 0.2) is 78.5 Å². The number of para-hydroxylation sites is 1. The number of ether oxygens (including phenoxy) is 1. The summed E-state index contributed by atoms with van der Waals surface area (Å²) in [7, 11) is 0. The molecule has 0 atom stereocenters. The minimum absolute atomic E-state index is 0.0797. The summed E-state index contributed by atoms with van der Waals surface area (Å²) in [5.41, 5.74) is 2.40. The summed E-state index contributed by atoms with van der Waals surface area (Å²) >= 11 is 0. The van der Waals surface area contributed by atoms with Gasteiger partial charge in [-0.15, -0.1) is 0 Å². The van der Waals surface area contributed by atoms with Gasteiger partial charge in [-0.3, -0.25) is 9.59 Å². The van der Waals surface area contributed by atoms with Crippen molar-refractivity contribution < 1.29 is 18.7 Å². The predicted molar refractivity (Wildman–Crippen MR) is 123 cm³/mol. The van der Waals surface area contributed by atoms with Crippen molar-refractivity contribution in [1.29, 1.82) is 0 Å². The maximum absolute atomic E-state index is 14.5. The van der Waals surface area contributed by atoms with Gasteiger partial charge < -0.3 is 10.1 Å². The van der Waals surface area contributed by atoms with Crippen molar-refractivity contribution >= 4 is 28.8 Å². The van der Waals surface area contributed by atoms with E-state index in [-0.39, 0.29) is 17.0 Å². The van der Waals surface area contributed by atoms with E-state index in [0.29, 0.717) is 23.6 Å². The summed E-state index contributed by atoms with van der Waals surface area (Å²) in [6, 6.07) is 20.2. The molecule has 0 spiro atoms. The molecule has 32 heavy (non-hydrogen) atoms. The lowest BCUT2D eigenvalue weighted by Crippen LogP contribution is -2.33. The predicted octanol–water partition coefficient (Wildman–Crippen LogP) is 5.32. The molecule has 1 heterocycles. The molecular weight excluding hydrogens is 407 g/mol. The molecule has 0 radical (unpaired) electrons. The molecule has 1 aliphatic heterocycles. The first-order valence-electron chi connectivity index (χ1n) is 10.4. The molecule has 1 aliphatic rings. The van der Waals surface area contributed by atoms with Crippen molar-refractivity contribution in [3.63, 3.8) is 0 Å². The van der Waals surface area contributed by atoms with Crippen LogP contribution < -0.4 is 15.0 Å². The van der Waals surface area contributed by atoms with Crippen molar-refractivity contribution in [3.8, 4) is 5.75 Å². The summed E-state index contributed by atoms with van der Waals surface area (Å²) in [5, 5.41) is 3.09. The zero-order valence-electron chi connectivity index (χ0n) is 17.9. The van der Waals surface area contributed by atoms with Crippen LogP contribution in [-0.4, -0.2) is 18.4 Å². The largest absolute Gasteiger partial charge is 0.494 e. The van der Waals surface area contributed by atoms with Crippen LogP contribution in [0.2, 0.25) is 0 Å². The van der Waals surface area contributed by atoms with E-state index >= 15 is 0 Å². The molecule has 0 unspecified atom stereocenters. The normalized spacial score (nSPS) is 13.7. The molecule has 4 rings (SSSR count). The van der Waals surface area contributed by atoms with Crippen LogP contribution in [0.3, 0.4) is 0 Å². The molecule has 162 valence electrons. The fourth-order valence-corrected chi connectivity index (χ4v) is 3.51.